The van der Waals surface area contributed by atoms with Crippen LogP contribution in [0.25, 0.3) is 0 Å². The zero-order chi connectivity index (χ0) is 20.5. The summed E-state index contributed by atoms with van der Waals surface area (Å²) in [7, 11) is 8.66. The SMILES string of the molecule is COc1cc(NC(=O)c2ccc(NCCCN(C)C)cn2)cc(OC)c1OC. The molecule has 8 nitrogen and oxygen atoms in total. The number of anilines is 2. The van der Waals surface area contributed by atoms with Crippen molar-refractivity contribution in [1.29, 1.82) is 0 Å². The molecule has 8 heteroatoms. The van der Waals surface area contributed by atoms with E-state index in [9.17, 15) is 4.79 Å². The van der Waals surface area contributed by atoms with Gasteiger partial charge in [-0.05, 0) is 39.2 Å². The minimum atomic E-state index is -0.326. The maximum atomic E-state index is 12.5. The van der Waals surface area contributed by atoms with Crippen molar-refractivity contribution >= 4 is 17.3 Å². The highest BCUT2D eigenvalue weighted by Crippen LogP contribution is 2.39. The van der Waals surface area contributed by atoms with Gasteiger partial charge >= 0.3 is 0 Å². The second-order valence-electron chi connectivity index (χ2n) is 6.38. The number of nitrogens with one attached hydrogen (secondary N) is 2. The molecule has 1 aromatic carbocycles. The lowest BCUT2D eigenvalue weighted by molar-refractivity contribution is 0.102. The van der Waals surface area contributed by atoms with Gasteiger partial charge in [0, 0.05) is 24.4 Å². The maximum absolute atomic E-state index is 12.5. The van der Waals surface area contributed by atoms with Gasteiger partial charge in [-0.1, -0.05) is 0 Å². The molecule has 0 saturated heterocycles. The van der Waals surface area contributed by atoms with E-state index in [0.717, 1.165) is 25.2 Å². The Labute approximate surface area is 165 Å². The smallest absolute Gasteiger partial charge is 0.274 e. The third-order valence-electron chi connectivity index (χ3n) is 4.03. The molecule has 2 rings (SSSR count). The molecule has 28 heavy (non-hydrogen) atoms. The van der Waals surface area contributed by atoms with E-state index in [0.29, 0.717) is 28.6 Å². The molecule has 0 atom stereocenters. The van der Waals surface area contributed by atoms with Crippen molar-refractivity contribution in [3.05, 3.63) is 36.2 Å². The van der Waals surface area contributed by atoms with Crippen molar-refractivity contribution in [3.8, 4) is 17.2 Å². The Hall–Kier alpha value is -3.00. The minimum absolute atomic E-state index is 0.313. The first-order valence-corrected chi connectivity index (χ1v) is 8.94. The van der Waals surface area contributed by atoms with Gasteiger partial charge in [-0.2, -0.15) is 0 Å². The number of ether oxygens (including phenoxy) is 3. The van der Waals surface area contributed by atoms with E-state index >= 15 is 0 Å². The quantitative estimate of drug-likeness (QED) is 0.605. The van der Waals surface area contributed by atoms with E-state index in [4.69, 9.17) is 14.2 Å². The molecule has 1 aromatic heterocycles. The van der Waals surface area contributed by atoms with Gasteiger partial charge in [0.15, 0.2) is 11.5 Å². The number of methoxy groups -OCH3 is 3. The summed E-state index contributed by atoms with van der Waals surface area (Å²) in [6.07, 6.45) is 2.68. The first-order chi connectivity index (χ1) is 13.5. The first-order valence-electron chi connectivity index (χ1n) is 8.94. The number of carbonyl (C=O) groups is 1. The van der Waals surface area contributed by atoms with Crippen molar-refractivity contribution in [2.45, 2.75) is 6.42 Å². The van der Waals surface area contributed by atoms with Gasteiger partial charge < -0.3 is 29.7 Å². The summed E-state index contributed by atoms with van der Waals surface area (Å²) < 4.78 is 15.9. The van der Waals surface area contributed by atoms with Crippen LogP contribution in [0.3, 0.4) is 0 Å². The third kappa shape index (κ3) is 5.75. The molecule has 2 aromatic rings. The highest BCUT2D eigenvalue weighted by atomic mass is 16.5. The number of benzene rings is 1. The summed E-state index contributed by atoms with van der Waals surface area (Å²) in [6, 6.07) is 6.86. The average Bonchev–Trinajstić information content (AvgIpc) is 2.70. The van der Waals surface area contributed by atoms with Gasteiger partial charge in [0.1, 0.15) is 5.69 Å². The number of hydrogen-bond acceptors (Lipinski definition) is 7. The molecule has 0 spiro atoms. The number of aromatic nitrogens is 1. The van der Waals surface area contributed by atoms with Crippen LogP contribution in [0.4, 0.5) is 11.4 Å². The summed E-state index contributed by atoms with van der Waals surface area (Å²) in [5.74, 6) is 1.06. The number of hydrogen-bond donors (Lipinski definition) is 2. The van der Waals surface area contributed by atoms with Crippen LogP contribution in [0.2, 0.25) is 0 Å². The van der Waals surface area contributed by atoms with Crippen molar-refractivity contribution in [2.24, 2.45) is 0 Å². The van der Waals surface area contributed by atoms with Crippen LogP contribution in [0.15, 0.2) is 30.5 Å². The van der Waals surface area contributed by atoms with E-state index in [2.05, 4.69) is 20.5 Å². The van der Waals surface area contributed by atoms with Gasteiger partial charge in [0.25, 0.3) is 5.91 Å². The lowest BCUT2D eigenvalue weighted by atomic mass is 10.2. The van der Waals surface area contributed by atoms with Crippen LogP contribution in [0.1, 0.15) is 16.9 Å². The first kappa shape index (κ1) is 21.3. The summed E-state index contributed by atoms with van der Waals surface area (Å²) in [5.41, 5.74) is 1.71. The van der Waals surface area contributed by atoms with Crippen LogP contribution in [-0.4, -0.2) is 64.3 Å². The molecule has 152 valence electrons. The number of nitrogens with zero attached hydrogens (tertiary/aromatic N) is 2. The molecule has 0 bridgehead atoms. The molecule has 0 aliphatic carbocycles. The van der Waals surface area contributed by atoms with Crippen LogP contribution in [-0.2, 0) is 0 Å². The summed E-state index contributed by atoms with van der Waals surface area (Å²) in [4.78, 5) is 18.9. The van der Waals surface area contributed by atoms with E-state index in [1.54, 1.807) is 24.4 Å². The lowest BCUT2D eigenvalue weighted by Gasteiger charge is -2.14. The van der Waals surface area contributed by atoms with E-state index in [-0.39, 0.29) is 5.91 Å². The third-order valence-corrected chi connectivity index (χ3v) is 4.03. The Kier molecular flexibility index (Phi) is 7.88. The van der Waals surface area contributed by atoms with Gasteiger partial charge in [0.05, 0.1) is 33.2 Å². The summed E-state index contributed by atoms with van der Waals surface area (Å²) in [6.45, 7) is 1.85. The topological polar surface area (TPSA) is 85.0 Å². The molecule has 2 N–H and O–H groups in total. The fourth-order valence-electron chi connectivity index (χ4n) is 2.61. The fraction of sp³-hybridized carbons (Fsp3) is 0.400. The molecule has 0 fully saturated rings. The Bertz CT molecular complexity index is 753. The van der Waals surface area contributed by atoms with Gasteiger partial charge in [-0.25, -0.2) is 4.98 Å². The Morgan fingerprint density at radius 1 is 1.04 bits per heavy atom. The van der Waals surface area contributed by atoms with E-state index in [1.807, 2.05) is 20.2 Å². The van der Waals surface area contributed by atoms with Gasteiger partial charge in [-0.15, -0.1) is 0 Å². The zero-order valence-electron chi connectivity index (χ0n) is 17.0. The normalized spacial score (nSPS) is 10.5. The molecular formula is C20H28N4O4. The predicted molar refractivity (Wildman–Crippen MR) is 110 cm³/mol. The molecule has 0 saturated carbocycles. The highest BCUT2D eigenvalue weighted by Gasteiger charge is 2.15. The largest absolute Gasteiger partial charge is 0.493 e. The summed E-state index contributed by atoms with van der Waals surface area (Å²) >= 11 is 0. The second-order valence-corrected chi connectivity index (χ2v) is 6.38. The van der Waals surface area contributed by atoms with Crippen LogP contribution in [0, 0.1) is 0 Å². The van der Waals surface area contributed by atoms with Crippen molar-refractivity contribution in [1.82, 2.24) is 9.88 Å². The minimum Gasteiger partial charge on any atom is -0.493 e. The Morgan fingerprint density at radius 2 is 1.71 bits per heavy atom. The predicted octanol–water partition coefficient (Wildman–Crippen LogP) is 2.72. The second kappa shape index (κ2) is 10.4. The fourth-order valence-corrected chi connectivity index (χ4v) is 2.61. The number of pyridine rings is 1. The number of amides is 1. The molecule has 1 amide bonds. The molecule has 1 heterocycles. The van der Waals surface area contributed by atoms with E-state index in [1.165, 1.54) is 21.3 Å². The van der Waals surface area contributed by atoms with Crippen LogP contribution >= 0.6 is 0 Å². The number of rotatable bonds is 10. The van der Waals surface area contributed by atoms with Crippen molar-refractivity contribution in [3.63, 3.8) is 0 Å². The lowest BCUT2D eigenvalue weighted by Crippen LogP contribution is -2.17. The monoisotopic (exact) mass is 388 g/mol. The van der Waals surface area contributed by atoms with Crippen molar-refractivity contribution in [2.75, 3.05) is 59.1 Å². The zero-order valence-corrected chi connectivity index (χ0v) is 17.0. The molecule has 0 unspecified atom stereocenters. The Balaban J connectivity index is 2.02. The maximum Gasteiger partial charge on any atom is 0.274 e. The van der Waals surface area contributed by atoms with Crippen LogP contribution < -0.4 is 24.8 Å². The summed E-state index contributed by atoms with van der Waals surface area (Å²) in [5, 5.41) is 6.09. The van der Waals surface area contributed by atoms with Gasteiger partial charge in [0.2, 0.25) is 5.75 Å². The number of carbonyl (C=O) groups excluding carboxylic acids is 1. The molecule has 0 radical (unpaired) electrons. The van der Waals surface area contributed by atoms with Crippen LogP contribution in [0.5, 0.6) is 17.2 Å². The Morgan fingerprint density at radius 3 is 2.21 bits per heavy atom. The van der Waals surface area contributed by atoms with Gasteiger partial charge in [-0.3, -0.25) is 4.79 Å². The molecule has 0 aliphatic rings. The standard InChI is InChI=1S/C20H28N4O4/c1-24(2)10-6-9-21-14-7-8-16(22-13-14)20(25)23-15-11-17(26-3)19(28-5)18(12-15)27-4/h7-8,11-13,21H,6,9-10H2,1-5H3,(H,23,25). The van der Waals surface area contributed by atoms with E-state index < -0.39 is 0 Å². The average molecular weight is 388 g/mol. The highest BCUT2D eigenvalue weighted by molar-refractivity contribution is 6.03. The molecule has 0 aliphatic heterocycles. The van der Waals surface area contributed by atoms with Crippen molar-refractivity contribution < 1.29 is 19.0 Å². The molecular weight excluding hydrogens is 360 g/mol.